The second-order valence-electron chi connectivity index (χ2n) is 5.90. The molecule has 0 spiro atoms. The van der Waals surface area contributed by atoms with Crippen LogP contribution >= 0.6 is 0 Å². The molecule has 0 saturated heterocycles. The molecule has 2 nitrogen and oxygen atoms in total. The normalized spacial score (nSPS) is 35.1. The van der Waals surface area contributed by atoms with Gasteiger partial charge in [0.1, 0.15) is 0 Å². The molecule has 0 aliphatic heterocycles. The van der Waals surface area contributed by atoms with Gasteiger partial charge in [-0.05, 0) is 18.9 Å². The van der Waals surface area contributed by atoms with Crippen LogP contribution in [0.5, 0.6) is 0 Å². The summed E-state index contributed by atoms with van der Waals surface area (Å²) >= 11 is 0. The number of hydrogen-bond donors (Lipinski definition) is 1. The fourth-order valence-corrected chi connectivity index (χ4v) is 2.69. The molecule has 19 heavy (non-hydrogen) atoms. The lowest BCUT2D eigenvalue weighted by Crippen LogP contribution is -2.42. The first kappa shape index (κ1) is 14.3. The van der Waals surface area contributed by atoms with Crippen molar-refractivity contribution in [2.75, 3.05) is 0 Å². The van der Waals surface area contributed by atoms with E-state index < -0.39 is 5.60 Å². The largest absolute Gasteiger partial charge is 0.389 e. The maximum Gasteiger partial charge on any atom is 0.0721 e. The third-order valence-corrected chi connectivity index (χ3v) is 4.25. The molecule has 1 N–H and O–H groups in total. The second kappa shape index (κ2) is 5.89. The number of hydrogen-bond acceptors (Lipinski definition) is 2. The van der Waals surface area contributed by atoms with Crippen LogP contribution in [0.4, 0.5) is 0 Å². The quantitative estimate of drug-likeness (QED) is 0.842. The lowest BCUT2D eigenvalue weighted by atomic mass is 9.82. The van der Waals surface area contributed by atoms with Gasteiger partial charge in [0.25, 0.3) is 0 Å². The summed E-state index contributed by atoms with van der Waals surface area (Å²) in [7, 11) is 0. The Morgan fingerprint density at radius 1 is 1.26 bits per heavy atom. The maximum atomic E-state index is 10.5. The molecule has 1 aromatic rings. The minimum atomic E-state index is -0.692. The average Bonchev–Trinajstić information content (AvgIpc) is 2.48. The summed E-state index contributed by atoms with van der Waals surface area (Å²) in [6.07, 6.45) is 4.98. The standard InChI is InChI=1S/C17H24O2/c1-13-8-7-11-17(3,18)14(2)16(13)19-12-15-9-5-4-6-10-15/h4-10,13-14,16,18H,11-12H2,1-3H3/t13-,14-,16-,17-/m0/s1. The molecule has 0 amide bonds. The fourth-order valence-electron chi connectivity index (χ4n) is 2.69. The van der Waals surface area contributed by atoms with Crippen molar-refractivity contribution in [2.45, 2.75) is 45.5 Å². The molecule has 1 aromatic carbocycles. The Hall–Kier alpha value is -1.12. The fraction of sp³-hybridized carbons (Fsp3) is 0.529. The highest BCUT2D eigenvalue weighted by atomic mass is 16.5. The average molecular weight is 260 g/mol. The monoisotopic (exact) mass is 260 g/mol. The molecule has 104 valence electrons. The number of ether oxygens (including phenoxy) is 1. The highest BCUT2D eigenvalue weighted by Gasteiger charge is 2.37. The van der Waals surface area contributed by atoms with Crippen molar-refractivity contribution in [1.82, 2.24) is 0 Å². The molecule has 4 atom stereocenters. The molecule has 0 radical (unpaired) electrons. The van der Waals surface area contributed by atoms with Crippen LogP contribution in [0.2, 0.25) is 0 Å². The van der Waals surface area contributed by atoms with Gasteiger partial charge >= 0.3 is 0 Å². The van der Waals surface area contributed by atoms with Crippen LogP contribution in [0.15, 0.2) is 42.5 Å². The van der Waals surface area contributed by atoms with Gasteiger partial charge in [-0.3, -0.25) is 0 Å². The first-order valence-corrected chi connectivity index (χ1v) is 7.05. The SMILES string of the molecule is C[C@H]1C=CC[C@](C)(O)[C@@H](C)[C@H]1OCc1ccccc1. The molecule has 0 unspecified atom stereocenters. The molecular weight excluding hydrogens is 236 g/mol. The Morgan fingerprint density at radius 2 is 1.95 bits per heavy atom. The van der Waals surface area contributed by atoms with Crippen molar-refractivity contribution in [3.05, 3.63) is 48.0 Å². The van der Waals surface area contributed by atoms with Crippen LogP contribution in [0.3, 0.4) is 0 Å². The van der Waals surface area contributed by atoms with Crippen LogP contribution in [-0.2, 0) is 11.3 Å². The van der Waals surface area contributed by atoms with Crippen molar-refractivity contribution >= 4 is 0 Å². The van der Waals surface area contributed by atoms with Crippen LogP contribution < -0.4 is 0 Å². The predicted octanol–water partition coefficient (Wildman–Crippen LogP) is 3.55. The molecule has 0 saturated carbocycles. The van der Waals surface area contributed by atoms with E-state index in [1.807, 2.05) is 25.1 Å². The Morgan fingerprint density at radius 3 is 2.63 bits per heavy atom. The van der Waals surface area contributed by atoms with E-state index in [1.165, 1.54) is 5.56 Å². The molecule has 1 aliphatic rings. The molecule has 1 aliphatic carbocycles. The van der Waals surface area contributed by atoms with Gasteiger partial charge in [-0.15, -0.1) is 0 Å². The Balaban J connectivity index is 2.06. The first-order chi connectivity index (χ1) is 9.00. The lowest BCUT2D eigenvalue weighted by Gasteiger charge is -2.35. The van der Waals surface area contributed by atoms with E-state index in [9.17, 15) is 5.11 Å². The Bertz CT molecular complexity index is 422. The van der Waals surface area contributed by atoms with E-state index in [0.29, 0.717) is 18.9 Å². The zero-order valence-corrected chi connectivity index (χ0v) is 12.0. The Labute approximate surface area is 116 Å². The number of rotatable bonds is 3. The van der Waals surface area contributed by atoms with Gasteiger partial charge in [0.2, 0.25) is 0 Å². The third-order valence-electron chi connectivity index (χ3n) is 4.25. The Kier molecular flexibility index (Phi) is 4.43. The topological polar surface area (TPSA) is 29.5 Å². The maximum absolute atomic E-state index is 10.5. The smallest absolute Gasteiger partial charge is 0.0721 e. The van der Waals surface area contributed by atoms with Gasteiger partial charge in [0.15, 0.2) is 0 Å². The van der Waals surface area contributed by atoms with Crippen molar-refractivity contribution in [3.63, 3.8) is 0 Å². The minimum Gasteiger partial charge on any atom is -0.389 e. The summed E-state index contributed by atoms with van der Waals surface area (Å²) in [6.45, 7) is 6.74. The summed E-state index contributed by atoms with van der Waals surface area (Å²) < 4.78 is 6.10. The molecular formula is C17H24O2. The van der Waals surface area contributed by atoms with E-state index in [1.54, 1.807) is 0 Å². The van der Waals surface area contributed by atoms with E-state index in [2.05, 4.69) is 38.1 Å². The zero-order valence-electron chi connectivity index (χ0n) is 12.0. The van der Waals surface area contributed by atoms with Gasteiger partial charge in [-0.1, -0.05) is 56.3 Å². The summed E-state index contributed by atoms with van der Waals surface area (Å²) in [5, 5.41) is 10.5. The van der Waals surface area contributed by atoms with Crippen molar-refractivity contribution in [1.29, 1.82) is 0 Å². The van der Waals surface area contributed by atoms with E-state index in [-0.39, 0.29) is 12.0 Å². The third kappa shape index (κ3) is 3.46. The van der Waals surface area contributed by atoms with E-state index in [0.717, 1.165) is 0 Å². The van der Waals surface area contributed by atoms with Gasteiger partial charge in [0.05, 0.1) is 18.3 Å². The molecule has 0 heterocycles. The number of benzene rings is 1. The van der Waals surface area contributed by atoms with Crippen LogP contribution in [-0.4, -0.2) is 16.8 Å². The second-order valence-corrected chi connectivity index (χ2v) is 5.90. The molecule has 2 heteroatoms. The van der Waals surface area contributed by atoms with E-state index in [4.69, 9.17) is 4.74 Å². The summed E-state index contributed by atoms with van der Waals surface area (Å²) in [5.74, 6) is 0.439. The minimum absolute atomic E-state index is 0.0500. The molecule has 2 rings (SSSR count). The highest BCUT2D eigenvalue weighted by molar-refractivity contribution is 5.13. The van der Waals surface area contributed by atoms with Gasteiger partial charge < -0.3 is 9.84 Å². The van der Waals surface area contributed by atoms with Crippen molar-refractivity contribution in [2.24, 2.45) is 11.8 Å². The summed E-state index contributed by atoms with van der Waals surface area (Å²) in [5.41, 5.74) is 0.484. The summed E-state index contributed by atoms with van der Waals surface area (Å²) in [4.78, 5) is 0. The highest BCUT2D eigenvalue weighted by Crippen LogP contribution is 2.33. The molecule has 0 bridgehead atoms. The zero-order chi connectivity index (χ0) is 13.9. The number of aliphatic hydroxyl groups is 1. The van der Waals surface area contributed by atoms with Crippen LogP contribution in [0.1, 0.15) is 32.8 Å². The van der Waals surface area contributed by atoms with Crippen LogP contribution in [0.25, 0.3) is 0 Å². The van der Waals surface area contributed by atoms with E-state index >= 15 is 0 Å². The molecule has 0 fully saturated rings. The van der Waals surface area contributed by atoms with Gasteiger partial charge in [-0.25, -0.2) is 0 Å². The lowest BCUT2D eigenvalue weighted by molar-refractivity contribution is -0.0918. The van der Waals surface area contributed by atoms with Crippen LogP contribution in [0, 0.1) is 11.8 Å². The van der Waals surface area contributed by atoms with Gasteiger partial charge in [-0.2, -0.15) is 0 Å². The first-order valence-electron chi connectivity index (χ1n) is 7.05. The predicted molar refractivity (Wildman–Crippen MR) is 77.7 cm³/mol. The van der Waals surface area contributed by atoms with Gasteiger partial charge in [0, 0.05) is 11.8 Å². The molecule has 0 aromatic heterocycles. The van der Waals surface area contributed by atoms with Crippen molar-refractivity contribution in [3.8, 4) is 0 Å². The summed E-state index contributed by atoms with van der Waals surface area (Å²) in [6, 6.07) is 10.2. The van der Waals surface area contributed by atoms with Crippen molar-refractivity contribution < 1.29 is 9.84 Å².